The topological polar surface area (TPSA) is 78.4 Å². The summed E-state index contributed by atoms with van der Waals surface area (Å²) in [6, 6.07) is 7.94. The minimum absolute atomic E-state index is 0.104. The summed E-state index contributed by atoms with van der Waals surface area (Å²) in [6.07, 6.45) is 11.5. The Kier molecular flexibility index (Phi) is 5.66. The second-order valence-electron chi connectivity index (χ2n) is 7.50. The summed E-state index contributed by atoms with van der Waals surface area (Å²) in [7, 11) is 0. The smallest absolute Gasteiger partial charge is 0.254 e. The third-order valence-electron chi connectivity index (χ3n) is 6.24. The van der Waals surface area contributed by atoms with E-state index in [1.165, 1.54) is 11.8 Å². The van der Waals surface area contributed by atoms with Gasteiger partial charge in [0, 0.05) is 36.7 Å². The Hall–Kier alpha value is -1.96. The van der Waals surface area contributed by atoms with Gasteiger partial charge in [0.25, 0.3) is 5.91 Å². The molecule has 1 atom stereocenters. The fourth-order valence-electron chi connectivity index (χ4n) is 5.05. The first-order valence-corrected chi connectivity index (χ1v) is 11.0. The fraction of sp³-hybridized carbons (Fsp3) is 0.476. The predicted molar refractivity (Wildman–Crippen MR) is 109 cm³/mol. The van der Waals surface area contributed by atoms with E-state index in [1.807, 2.05) is 24.5 Å². The molecule has 2 N–H and O–H groups in total. The van der Waals surface area contributed by atoms with Crippen LogP contribution < -0.4 is 5.32 Å². The van der Waals surface area contributed by atoms with E-state index >= 15 is 0 Å². The number of aromatic nitrogens is 2. The van der Waals surface area contributed by atoms with E-state index in [-0.39, 0.29) is 24.1 Å². The quantitative estimate of drug-likeness (QED) is 0.698. The molecule has 2 bridgehead atoms. The van der Waals surface area contributed by atoms with Crippen LogP contribution in [0.15, 0.2) is 47.9 Å². The summed E-state index contributed by atoms with van der Waals surface area (Å²) >= 11 is 1.48. The van der Waals surface area contributed by atoms with Crippen molar-refractivity contribution in [1.82, 2.24) is 20.2 Å². The lowest BCUT2D eigenvalue weighted by Gasteiger charge is -2.42. The number of fused-ring (bicyclic) bond motifs is 2. The summed E-state index contributed by atoms with van der Waals surface area (Å²) in [6.45, 7) is 0.777. The SMILES string of the molecule is CSc1ncccc1C(=O)NC(c1ccncc1)C12CCC(CC1)N2CCO. The molecule has 2 aromatic heterocycles. The van der Waals surface area contributed by atoms with Crippen LogP contribution in [-0.4, -0.2) is 56.9 Å². The molecule has 2 aliphatic rings. The van der Waals surface area contributed by atoms with Gasteiger partial charge in [-0.05, 0) is 61.8 Å². The first kappa shape index (κ1) is 19.4. The molecule has 4 heterocycles. The molecular weight excluding hydrogens is 372 g/mol. The van der Waals surface area contributed by atoms with E-state index in [0.29, 0.717) is 18.2 Å². The third kappa shape index (κ3) is 3.32. The highest BCUT2D eigenvalue weighted by Crippen LogP contribution is 2.52. The highest BCUT2D eigenvalue weighted by atomic mass is 32.2. The number of aliphatic hydroxyl groups excluding tert-OH is 1. The van der Waals surface area contributed by atoms with Gasteiger partial charge in [0.1, 0.15) is 5.03 Å². The van der Waals surface area contributed by atoms with Crippen LogP contribution in [0.2, 0.25) is 0 Å². The summed E-state index contributed by atoms with van der Waals surface area (Å²) in [5.41, 5.74) is 1.50. The van der Waals surface area contributed by atoms with Crippen molar-refractivity contribution in [3.05, 3.63) is 54.0 Å². The second kappa shape index (κ2) is 8.19. The summed E-state index contributed by atoms with van der Waals surface area (Å²) in [5, 5.41) is 13.7. The largest absolute Gasteiger partial charge is 0.395 e. The maximum atomic E-state index is 13.3. The number of amides is 1. The number of aliphatic hydroxyl groups is 1. The number of β-amino-alcohol motifs (C(OH)–C–C–N with tert-alkyl or cyclic N) is 1. The molecule has 0 saturated carbocycles. The van der Waals surface area contributed by atoms with E-state index in [4.69, 9.17) is 0 Å². The lowest BCUT2D eigenvalue weighted by molar-refractivity contribution is 0.0708. The molecule has 0 spiro atoms. The first-order chi connectivity index (χ1) is 13.7. The van der Waals surface area contributed by atoms with Gasteiger partial charge in [-0.25, -0.2) is 4.98 Å². The number of carbonyl (C=O) groups excluding carboxylic acids is 1. The van der Waals surface area contributed by atoms with Gasteiger partial charge in [-0.15, -0.1) is 11.8 Å². The van der Waals surface area contributed by atoms with Crippen LogP contribution in [-0.2, 0) is 0 Å². The van der Waals surface area contributed by atoms with Gasteiger partial charge in [0.2, 0.25) is 0 Å². The normalized spacial score (nSPS) is 25.0. The highest BCUT2D eigenvalue weighted by Gasteiger charge is 2.56. The number of hydrogen-bond donors (Lipinski definition) is 2. The molecule has 7 heteroatoms. The average molecular weight is 399 g/mol. The molecule has 28 heavy (non-hydrogen) atoms. The van der Waals surface area contributed by atoms with Gasteiger partial charge < -0.3 is 10.4 Å². The molecule has 4 rings (SSSR count). The van der Waals surface area contributed by atoms with Gasteiger partial charge in [-0.2, -0.15) is 0 Å². The molecule has 2 aromatic rings. The molecular formula is C21H26N4O2S. The lowest BCUT2D eigenvalue weighted by Crippen LogP contribution is -2.53. The summed E-state index contributed by atoms with van der Waals surface area (Å²) in [5.74, 6) is -0.104. The van der Waals surface area contributed by atoms with E-state index in [2.05, 4.69) is 20.2 Å². The van der Waals surface area contributed by atoms with Crippen LogP contribution in [0, 0.1) is 0 Å². The van der Waals surface area contributed by atoms with E-state index in [0.717, 1.165) is 36.3 Å². The zero-order valence-electron chi connectivity index (χ0n) is 16.0. The highest BCUT2D eigenvalue weighted by molar-refractivity contribution is 7.98. The molecule has 1 unspecified atom stereocenters. The number of nitrogens with one attached hydrogen (secondary N) is 1. The van der Waals surface area contributed by atoms with Gasteiger partial charge in [0.15, 0.2) is 0 Å². The minimum atomic E-state index is -0.161. The Labute approximate surface area is 169 Å². The van der Waals surface area contributed by atoms with Crippen LogP contribution in [0.3, 0.4) is 0 Å². The number of thioether (sulfide) groups is 1. The Bertz CT molecular complexity index is 824. The van der Waals surface area contributed by atoms with E-state index in [1.54, 1.807) is 24.7 Å². The maximum Gasteiger partial charge on any atom is 0.254 e. The molecule has 0 radical (unpaired) electrons. The zero-order valence-corrected chi connectivity index (χ0v) is 16.9. The molecule has 0 aromatic carbocycles. The number of nitrogens with zero attached hydrogens (tertiary/aromatic N) is 3. The van der Waals surface area contributed by atoms with Crippen molar-refractivity contribution in [2.24, 2.45) is 0 Å². The maximum absolute atomic E-state index is 13.3. The van der Waals surface area contributed by atoms with Crippen molar-refractivity contribution in [2.45, 2.75) is 48.3 Å². The number of pyridine rings is 2. The number of hydrogen-bond acceptors (Lipinski definition) is 6. The third-order valence-corrected chi connectivity index (χ3v) is 6.95. The van der Waals surface area contributed by atoms with Gasteiger partial charge >= 0.3 is 0 Å². The molecule has 2 saturated heterocycles. The van der Waals surface area contributed by atoms with Gasteiger partial charge in [0.05, 0.1) is 18.2 Å². The van der Waals surface area contributed by atoms with Crippen molar-refractivity contribution < 1.29 is 9.90 Å². The second-order valence-corrected chi connectivity index (χ2v) is 8.29. The monoisotopic (exact) mass is 398 g/mol. The summed E-state index contributed by atoms with van der Waals surface area (Å²) < 4.78 is 0. The van der Waals surface area contributed by atoms with E-state index in [9.17, 15) is 9.90 Å². The summed E-state index contributed by atoms with van der Waals surface area (Å²) in [4.78, 5) is 24.2. The van der Waals surface area contributed by atoms with Crippen LogP contribution >= 0.6 is 11.8 Å². The molecule has 0 aliphatic carbocycles. The Morgan fingerprint density at radius 1 is 1.32 bits per heavy atom. The Balaban J connectivity index is 1.70. The molecule has 6 nitrogen and oxygen atoms in total. The first-order valence-electron chi connectivity index (χ1n) is 9.77. The van der Waals surface area contributed by atoms with Gasteiger partial charge in [-0.1, -0.05) is 0 Å². The van der Waals surface area contributed by atoms with Crippen molar-refractivity contribution in [2.75, 3.05) is 19.4 Å². The molecule has 148 valence electrons. The van der Waals surface area contributed by atoms with Crippen LogP contribution in [0.4, 0.5) is 0 Å². The van der Waals surface area contributed by atoms with Gasteiger partial charge in [-0.3, -0.25) is 14.7 Å². The molecule has 2 fully saturated rings. The predicted octanol–water partition coefficient (Wildman–Crippen LogP) is 2.66. The number of carbonyl (C=O) groups is 1. The van der Waals surface area contributed by atoms with Crippen molar-refractivity contribution in [3.63, 3.8) is 0 Å². The Morgan fingerprint density at radius 2 is 2.07 bits per heavy atom. The van der Waals surface area contributed by atoms with E-state index < -0.39 is 0 Å². The fourth-order valence-corrected chi connectivity index (χ4v) is 5.60. The van der Waals surface area contributed by atoms with Crippen LogP contribution in [0.1, 0.15) is 47.6 Å². The lowest BCUT2D eigenvalue weighted by atomic mass is 9.78. The Morgan fingerprint density at radius 3 is 2.75 bits per heavy atom. The standard InChI is InChI=1S/C21H26N4O2S/c1-28-20-17(3-2-10-23-20)19(27)24-18(15-6-11-22-12-7-15)21-8-4-16(5-9-21)25(21)13-14-26/h2-3,6-7,10-12,16,18,26H,4-5,8-9,13-14H2,1H3,(H,24,27). The minimum Gasteiger partial charge on any atom is -0.395 e. The van der Waals surface area contributed by atoms with Crippen molar-refractivity contribution in [1.29, 1.82) is 0 Å². The van der Waals surface area contributed by atoms with Crippen molar-refractivity contribution >= 4 is 17.7 Å². The van der Waals surface area contributed by atoms with Crippen molar-refractivity contribution in [3.8, 4) is 0 Å². The van der Waals surface area contributed by atoms with Crippen LogP contribution in [0.5, 0.6) is 0 Å². The van der Waals surface area contributed by atoms with Crippen LogP contribution in [0.25, 0.3) is 0 Å². The number of rotatable bonds is 7. The zero-order chi connectivity index (χ0) is 19.6. The average Bonchev–Trinajstić information content (AvgIpc) is 3.27. The molecule has 2 aliphatic heterocycles. The molecule has 1 amide bonds.